The van der Waals surface area contributed by atoms with Gasteiger partial charge in [0.1, 0.15) is 0 Å². The molecule has 0 unspecified atom stereocenters. The van der Waals surface area contributed by atoms with Gasteiger partial charge >= 0.3 is 5.97 Å². The Morgan fingerprint density at radius 3 is 2.55 bits per heavy atom. The predicted molar refractivity (Wildman–Crippen MR) is 112 cm³/mol. The Labute approximate surface area is 170 Å². The van der Waals surface area contributed by atoms with Crippen LogP contribution in [-0.4, -0.2) is 30.9 Å². The van der Waals surface area contributed by atoms with E-state index in [1.165, 1.54) is 0 Å². The summed E-state index contributed by atoms with van der Waals surface area (Å²) in [6, 6.07) is 12.4. The van der Waals surface area contributed by atoms with Crippen molar-refractivity contribution in [2.24, 2.45) is 5.92 Å². The molecule has 2 aromatic carbocycles. The summed E-state index contributed by atoms with van der Waals surface area (Å²) in [5.41, 5.74) is 4.04. The summed E-state index contributed by atoms with van der Waals surface area (Å²) in [6.07, 6.45) is 0.944. The third-order valence-electron chi connectivity index (χ3n) is 5.19. The van der Waals surface area contributed by atoms with Gasteiger partial charge in [-0.05, 0) is 61.7 Å². The van der Waals surface area contributed by atoms with Gasteiger partial charge in [0.05, 0.1) is 18.1 Å². The minimum atomic E-state index is -0.420. The molecule has 2 aromatic rings. The molecule has 1 atom stereocenters. The minimum absolute atomic E-state index is 0.0483. The molecule has 152 valence electrons. The SMILES string of the molecule is CCCOC(=O)c1ccc(NC(=O)[C@@H]2CC(=O)N(c3cccc(C)c3C)C2)cc1. The zero-order chi connectivity index (χ0) is 21.0. The summed E-state index contributed by atoms with van der Waals surface area (Å²) in [5, 5.41) is 2.84. The van der Waals surface area contributed by atoms with E-state index in [1.54, 1.807) is 29.2 Å². The highest BCUT2D eigenvalue weighted by Crippen LogP contribution is 2.30. The molecule has 1 heterocycles. The molecule has 29 heavy (non-hydrogen) atoms. The van der Waals surface area contributed by atoms with Crippen LogP contribution in [0.3, 0.4) is 0 Å². The van der Waals surface area contributed by atoms with E-state index in [-0.39, 0.29) is 24.2 Å². The summed E-state index contributed by atoms with van der Waals surface area (Å²) < 4.78 is 5.09. The number of hydrogen-bond acceptors (Lipinski definition) is 4. The zero-order valence-electron chi connectivity index (χ0n) is 17.0. The molecule has 2 amide bonds. The molecule has 1 saturated heterocycles. The van der Waals surface area contributed by atoms with Crippen LogP contribution in [0.1, 0.15) is 41.3 Å². The van der Waals surface area contributed by atoms with Gasteiger partial charge in [-0.2, -0.15) is 0 Å². The molecule has 3 rings (SSSR count). The van der Waals surface area contributed by atoms with Crippen molar-refractivity contribution in [3.8, 4) is 0 Å². The summed E-state index contributed by atoms with van der Waals surface area (Å²) in [5.74, 6) is -1.05. The average molecular weight is 394 g/mol. The molecule has 6 nitrogen and oxygen atoms in total. The number of aryl methyl sites for hydroxylation is 1. The smallest absolute Gasteiger partial charge is 0.338 e. The van der Waals surface area contributed by atoms with Gasteiger partial charge in [-0.25, -0.2) is 4.79 Å². The summed E-state index contributed by atoms with van der Waals surface area (Å²) in [4.78, 5) is 38.7. The molecule has 6 heteroatoms. The number of rotatable bonds is 6. The van der Waals surface area contributed by atoms with Gasteiger partial charge in [-0.1, -0.05) is 19.1 Å². The highest BCUT2D eigenvalue weighted by molar-refractivity contribution is 6.04. The number of anilines is 2. The Kier molecular flexibility index (Phi) is 6.32. The van der Waals surface area contributed by atoms with Crippen LogP contribution in [0.5, 0.6) is 0 Å². The van der Waals surface area contributed by atoms with E-state index in [4.69, 9.17) is 4.74 Å². The maximum absolute atomic E-state index is 12.7. The molecule has 0 spiro atoms. The molecule has 1 N–H and O–H groups in total. The zero-order valence-corrected chi connectivity index (χ0v) is 17.0. The van der Waals surface area contributed by atoms with E-state index < -0.39 is 5.92 Å². The number of ether oxygens (including phenoxy) is 1. The molecule has 0 bridgehead atoms. The predicted octanol–water partition coefficient (Wildman–Crippen LogP) is 3.86. The Bertz CT molecular complexity index is 921. The summed E-state index contributed by atoms with van der Waals surface area (Å²) >= 11 is 0. The molecule has 1 fully saturated rings. The number of carbonyl (C=O) groups is 3. The van der Waals surface area contributed by atoms with Gasteiger partial charge < -0.3 is 15.0 Å². The first-order valence-corrected chi connectivity index (χ1v) is 9.85. The molecule has 1 aliphatic rings. The number of carbonyl (C=O) groups excluding carboxylic acids is 3. The van der Waals surface area contributed by atoms with Crippen LogP contribution in [0.2, 0.25) is 0 Å². The number of amides is 2. The first-order chi connectivity index (χ1) is 13.9. The lowest BCUT2D eigenvalue weighted by Crippen LogP contribution is -2.28. The van der Waals surface area contributed by atoms with Gasteiger partial charge in [0.25, 0.3) is 0 Å². The van der Waals surface area contributed by atoms with Gasteiger partial charge in [0.15, 0.2) is 0 Å². The fourth-order valence-electron chi connectivity index (χ4n) is 3.36. The van der Waals surface area contributed by atoms with Crippen molar-refractivity contribution < 1.29 is 19.1 Å². The van der Waals surface area contributed by atoms with Crippen molar-refractivity contribution in [3.05, 3.63) is 59.2 Å². The van der Waals surface area contributed by atoms with Crippen LogP contribution in [0, 0.1) is 19.8 Å². The molecular formula is C23H26N2O4. The maximum Gasteiger partial charge on any atom is 0.338 e. The quantitative estimate of drug-likeness (QED) is 0.755. The van der Waals surface area contributed by atoms with Crippen LogP contribution in [0.4, 0.5) is 11.4 Å². The number of nitrogens with zero attached hydrogens (tertiary/aromatic N) is 1. The van der Waals surface area contributed by atoms with Crippen LogP contribution in [0.25, 0.3) is 0 Å². The highest BCUT2D eigenvalue weighted by atomic mass is 16.5. The average Bonchev–Trinajstić information content (AvgIpc) is 3.10. The lowest BCUT2D eigenvalue weighted by molar-refractivity contribution is -0.122. The fourth-order valence-corrected chi connectivity index (χ4v) is 3.36. The largest absolute Gasteiger partial charge is 0.462 e. The van der Waals surface area contributed by atoms with Gasteiger partial charge in [-0.15, -0.1) is 0 Å². The Morgan fingerprint density at radius 1 is 1.14 bits per heavy atom. The lowest BCUT2D eigenvalue weighted by Gasteiger charge is -2.20. The molecule has 0 aromatic heterocycles. The van der Waals surface area contributed by atoms with E-state index in [9.17, 15) is 14.4 Å². The first-order valence-electron chi connectivity index (χ1n) is 9.85. The molecule has 0 saturated carbocycles. The standard InChI is InChI=1S/C23H26N2O4/c1-4-12-29-23(28)17-8-10-19(11-9-17)24-22(27)18-13-21(26)25(14-18)20-7-5-6-15(2)16(20)3/h5-11,18H,4,12-14H2,1-3H3,(H,24,27)/t18-/m1/s1. The molecule has 1 aliphatic heterocycles. The highest BCUT2D eigenvalue weighted by Gasteiger charge is 2.35. The van der Waals surface area contributed by atoms with Crippen molar-refractivity contribution in [1.82, 2.24) is 0 Å². The van der Waals surface area contributed by atoms with Crippen molar-refractivity contribution in [2.75, 3.05) is 23.4 Å². The molecule has 0 radical (unpaired) electrons. The second-order valence-corrected chi connectivity index (χ2v) is 7.33. The fraction of sp³-hybridized carbons (Fsp3) is 0.348. The van der Waals surface area contributed by atoms with Crippen molar-refractivity contribution >= 4 is 29.2 Å². The Hall–Kier alpha value is -3.15. The Morgan fingerprint density at radius 2 is 1.86 bits per heavy atom. The second-order valence-electron chi connectivity index (χ2n) is 7.33. The maximum atomic E-state index is 12.7. The lowest BCUT2D eigenvalue weighted by atomic mass is 10.1. The van der Waals surface area contributed by atoms with Crippen LogP contribution in [0.15, 0.2) is 42.5 Å². The third kappa shape index (κ3) is 4.65. The number of nitrogens with one attached hydrogen (secondary N) is 1. The topological polar surface area (TPSA) is 75.7 Å². The van der Waals surface area contributed by atoms with Gasteiger partial charge in [0.2, 0.25) is 11.8 Å². The van der Waals surface area contributed by atoms with E-state index in [1.807, 2.05) is 39.0 Å². The molecular weight excluding hydrogens is 368 g/mol. The van der Waals surface area contributed by atoms with Crippen molar-refractivity contribution in [2.45, 2.75) is 33.6 Å². The number of hydrogen-bond donors (Lipinski definition) is 1. The van der Waals surface area contributed by atoms with Crippen LogP contribution >= 0.6 is 0 Å². The second kappa shape index (κ2) is 8.90. The summed E-state index contributed by atoms with van der Waals surface area (Å²) in [7, 11) is 0. The van der Waals surface area contributed by atoms with Crippen LogP contribution in [-0.2, 0) is 14.3 Å². The van der Waals surface area contributed by atoms with Crippen LogP contribution < -0.4 is 10.2 Å². The summed E-state index contributed by atoms with van der Waals surface area (Å²) in [6.45, 7) is 6.66. The van der Waals surface area contributed by atoms with E-state index in [0.717, 1.165) is 23.2 Å². The van der Waals surface area contributed by atoms with E-state index in [2.05, 4.69) is 5.32 Å². The van der Waals surface area contributed by atoms with Crippen molar-refractivity contribution in [3.63, 3.8) is 0 Å². The van der Waals surface area contributed by atoms with Gasteiger partial charge in [0, 0.05) is 24.3 Å². The number of benzene rings is 2. The third-order valence-corrected chi connectivity index (χ3v) is 5.19. The van der Waals surface area contributed by atoms with Crippen molar-refractivity contribution in [1.29, 1.82) is 0 Å². The molecule has 0 aliphatic carbocycles. The monoisotopic (exact) mass is 394 g/mol. The first kappa shape index (κ1) is 20.6. The normalized spacial score (nSPS) is 16.0. The van der Waals surface area contributed by atoms with E-state index >= 15 is 0 Å². The van der Waals surface area contributed by atoms with E-state index in [0.29, 0.717) is 24.4 Å². The van der Waals surface area contributed by atoms with Gasteiger partial charge in [-0.3, -0.25) is 9.59 Å². The Balaban J connectivity index is 1.63. The number of esters is 1. The minimum Gasteiger partial charge on any atom is -0.462 e.